The Balaban J connectivity index is 1.97. The molecule has 0 bridgehead atoms. The molecule has 0 atom stereocenters. The van der Waals surface area contributed by atoms with Gasteiger partial charge in [-0.2, -0.15) is 0 Å². The Kier molecular flexibility index (Phi) is 5.10. The summed E-state index contributed by atoms with van der Waals surface area (Å²) < 4.78 is 5.40. The Morgan fingerprint density at radius 3 is 2.38 bits per heavy atom. The van der Waals surface area contributed by atoms with Gasteiger partial charge in [-0.3, -0.25) is 4.79 Å². The fraction of sp³-hybridized carbons (Fsp3) is 0.188. The van der Waals surface area contributed by atoms with Gasteiger partial charge >= 0.3 is 0 Å². The van der Waals surface area contributed by atoms with E-state index in [1.807, 2.05) is 32.0 Å². The van der Waals surface area contributed by atoms with Crippen LogP contribution in [0.2, 0.25) is 10.0 Å². The summed E-state index contributed by atoms with van der Waals surface area (Å²) in [4.78, 5) is 11.9. The van der Waals surface area contributed by atoms with Crippen LogP contribution in [0.15, 0.2) is 36.4 Å². The molecule has 0 unspecified atom stereocenters. The predicted molar refractivity (Wildman–Crippen MR) is 86.5 cm³/mol. The average Bonchev–Trinajstić information content (AvgIpc) is 2.44. The van der Waals surface area contributed by atoms with E-state index in [0.29, 0.717) is 15.8 Å². The average molecular weight is 324 g/mol. The van der Waals surface area contributed by atoms with Crippen molar-refractivity contribution >= 4 is 34.8 Å². The number of carbonyl (C=O) groups is 1. The molecule has 3 nitrogen and oxygen atoms in total. The van der Waals surface area contributed by atoms with E-state index in [9.17, 15) is 4.79 Å². The lowest BCUT2D eigenvalue weighted by atomic mass is 10.1. The second-order valence-corrected chi connectivity index (χ2v) is 5.49. The van der Waals surface area contributed by atoms with E-state index in [-0.39, 0.29) is 12.5 Å². The summed E-state index contributed by atoms with van der Waals surface area (Å²) in [7, 11) is 0. The van der Waals surface area contributed by atoms with Crippen LogP contribution in [-0.2, 0) is 4.79 Å². The molecule has 0 aliphatic heterocycles. The maximum Gasteiger partial charge on any atom is 0.262 e. The highest BCUT2D eigenvalue weighted by Gasteiger charge is 2.08. The number of benzene rings is 2. The quantitative estimate of drug-likeness (QED) is 0.890. The highest BCUT2D eigenvalue weighted by Crippen LogP contribution is 2.26. The third kappa shape index (κ3) is 4.13. The minimum atomic E-state index is -0.224. The number of ether oxygens (including phenoxy) is 1. The number of amides is 1. The third-order valence-electron chi connectivity index (χ3n) is 3.01. The van der Waals surface area contributed by atoms with Crippen LogP contribution < -0.4 is 10.1 Å². The number of nitrogens with one attached hydrogen (secondary N) is 1. The van der Waals surface area contributed by atoms with Crippen LogP contribution in [0.25, 0.3) is 0 Å². The standard InChI is InChI=1S/C16H15Cl2NO2/c1-10-4-3-5-11(2)16(10)19-15(20)9-21-12-6-7-13(17)14(18)8-12/h3-8H,9H2,1-2H3,(H,19,20). The second-order valence-electron chi connectivity index (χ2n) is 4.68. The first-order chi connectivity index (χ1) is 9.97. The lowest BCUT2D eigenvalue weighted by Gasteiger charge is -2.12. The number of rotatable bonds is 4. The van der Waals surface area contributed by atoms with Gasteiger partial charge in [0.25, 0.3) is 5.91 Å². The van der Waals surface area contributed by atoms with Crippen molar-refractivity contribution in [1.29, 1.82) is 0 Å². The number of hydrogen-bond acceptors (Lipinski definition) is 2. The molecule has 0 fully saturated rings. The number of halogens is 2. The number of para-hydroxylation sites is 1. The van der Waals surface area contributed by atoms with Gasteiger partial charge in [0.1, 0.15) is 5.75 Å². The Bertz CT molecular complexity index is 651. The summed E-state index contributed by atoms with van der Waals surface area (Å²) in [6.45, 7) is 3.80. The normalized spacial score (nSPS) is 10.3. The second kappa shape index (κ2) is 6.83. The molecule has 21 heavy (non-hydrogen) atoms. The zero-order chi connectivity index (χ0) is 15.4. The van der Waals surface area contributed by atoms with E-state index in [0.717, 1.165) is 16.8 Å². The van der Waals surface area contributed by atoms with Crippen molar-refractivity contribution in [3.05, 3.63) is 57.6 Å². The summed E-state index contributed by atoms with van der Waals surface area (Å²) in [6, 6.07) is 10.7. The molecule has 2 rings (SSSR count). The molecule has 0 saturated heterocycles. The highest BCUT2D eigenvalue weighted by molar-refractivity contribution is 6.42. The molecule has 0 heterocycles. The van der Waals surface area contributed by atoms with Gasteiger partial charge in [-0.15, -0.1) is 0 Å². The van der Waals surface area contributed by atoms with E-state index < -0.39 is 0 Å². The molecule has 0 saturated carbocycles. The molecule has 0 aliphatic carbocycles. The van der Waals surface area contributed by atoms with Gasteiger partial charge in [0.2, 0.25) is 0 Å². The maximum absolute atomic E-state index is 11.9. The van der Waals surface area contributed by atoms with Crippen LogP contribution in [-0.4, -0.2) is 12.5 Å². The predicted octanol–water partition coefficient (Wildman–Crippen LogP) is 4.63. The summed E-state index contributed by atoms with van der Waals surface area (Å²) in [5, 5.41) is 3.69. The smallest absolute Gasteiger partial charge is 0.262 e. The molecule has 1 N–H and O–H groups in total. The fourth-order valence-corrected chi connectivity index (χ4v) is 2.19. The fourth-order valence-electron chi connectivity index (χ4n) is 1.90. The minimum absolute atomic E-state index is 0.0915. The van der Waals surface area contributed by atoms with Crippen molar-refractivity contribution in [2.45, 2.75) is 13.8 Å². The summed E-state index contributed by atoms with van der Waals surface area (Å²) in [5.74, 6) is 0.277. The van der Waals surface area contributed by atoms with Gasteiger partial charge in [0, 0.05) is 11.8 Å². The molecular formula is C16H15Cl2NO2. The Hall–Kier alpha value is -1.71. The first-order valence-electron chi connectivity index (χ1n) is 6.41. The van der Waals surface area contributed by atoms with Gasteiger partial charge in [0.05, 0.1) is 10.0 Å². The van der Waals surface area contributed by atoms with Crippen molar-refractivity contribution in [3.63, 3.8) is 0 Å². The summed E-state index contributed by atoms with van der Waals surface area (Å²) in [5.41, 5.74) is 2.84. The summed E-state index contributed by atoms with van der Waals surface area (Å²) in [6.07, 6.45) is 0. The Morgan fingerprint density at radius 1 is 1.10 bits per heavy atom. The lowest BCUT2D eigenvalue weighted by molar-refractivity contribution is -0.118. The zero-order valence-corrected chi connectivity index (χ0v) is 13.3. The number of hydrogen-bond donors (Lipinski definition) is 1. The Labute approximate surface area is 133 Å². The number of carbonyl (C=O) groups excluding carboxylic acids is 1. The van der Waals surface area contributed by atoms with Crippen molar-refractivity contribution in [2.75, 3.05) is 11.9 Å². The lowest BCUT2D eigenvalue weighted by Crippen LogP contribution is -2.21. The molecule has 0 aliphatic rings. The molecule has 0 radical (unpaired) electrons. The molecule has 0 aromatic heterocycles. The third-order valence-corrected chi connectivity index (χ3v) is 3.75. The molecule has 2 aromatic rings. The van der Waals surface area contributed by atoms with Crippen LogP contribution in [0, 0.1) is 13.8 Å². The first-order valence-corrected chi connectivity index (χ1v) is 7.17. The van der Waals surface area contributed by atoms with Crippen LogP contribution >= 0.6 is 23.2 Å². The highest BCUT2D eigenvalue weighted by atomic mass is 35.5. The molecular weight excluding hydrogens is 309 g/mol. The maximum atomic E-state index is 11.9. The molecule has 5 heteroatoms. The monoisotopic (exact) mass is 323 g/mol. The van der Waals surface area contributed by atoms with E-state index in [1.54, 1.807) is 18.2 Å². The first kappa shape index (κ1) is 15.7. The van der Waals surface area contributed by atoms with E-state index in [1.165, 1.54) is 0 Å². The van der Waals surface area contributed by atoms with Crippen molar-refractivity contribution in [1.82, 2.24) is 0 Å². The zero-order valence-electron chi connectivity index (χ0n) is 11.7. The SMILES string of the molecule is Cc1cccc(C)c1NC(=O)COc1ccc(Cl)c(Cl)c1. The van der Waals surface area contributed by atoms with Crippen LogP contribution in [0.3, 0.4) is 0 Å². The van der Waals surface area contributed by atoms with Gasteiger partial charge < -0.3 is 10.1 Å². The van der Waals surface area contributed by atoms with Crippen LogP contribution in [0.1, 0.15) is 11.1 Å². The van der Waals surface area contributed by atoms with Gasteiger partial charge in [-0.25, -0.2) is 0 Å². The molecule has 110 valence electrons. The molecule has 2 aromatic carbocycles. The molecule has 0 spiro atoms. The number of aryl methyl sites for hydroxylation is 2. The molecule has 1 amide bonds. The van der Waals surface area contributed by atoms with Crippen molar-refractivity contribution in [2.24, 2.45) is 0 Å². The number of anilines is 1. The van der Waals surface area contributed by atoms with Gasteiger partial charge in [-0.1, -0.05) is 41.4 Å². The summed E-state index contributed by atoms with van der Waals surface area (Å²) >= 11 is 11.7. The largest absolute Gasteiger partial charge is 0.484 e. The van der Waals surface area contributed by atoms with E-state index in [2.05, 4.69) is 5.32 Å². The van der Waals surface area contributed by atoms with Gasteiger partial charge in [0.15, 0.2) is 6.61 Å². The van der Waals surface area contributed by atoms with E-state index in [4.69, 9.17) is 27.9 Å². The van der Waals surface area contributed by atoms with Crippen molar-refractivity contribution in [3.8, 4) is 5.75 Å². The topological polar surface area (TPSA) is 38.3 Å². The van der Waals surface area contributed by atoms with Crippen LogP contribution in [0.4, 0.5) is 5.69 Å². The van der Waals surface area contributed by atoms with Gasteiger partial charge in [-0.05, 0) is 37.1 Å². The minimum Gasteiger partial charge on any atom is -0.484 e. The van der Waals surface area contributed by atoms with E-state index >= 15 is 0 Å². The van der Waals surface area contributed by atoms with Crippen molar-refractivity contribution < 1.29 is 9.53 Å². The van der Waals surface area contributed by atoms with Crippen LogP contribution in [0.5, 0.6) is 5.75 Å². The Morgan fingerprint density at radius 2 is 1.76 bits per heavy atom.